The first-order valence-electron chi connectivity index (χ1n) is 7.27. The van der Waals surface area contributed by atoms with Crippen molar-refractivity contribution in [2.45, 2.75) is 13.5 Å². The van der Waals surface area contributed by atoms with E-state index >= 15 is 0 Å². The molecule has 1 aromatic carbocycles. The van der Waals surface area contributed by atoms with E-state index in [1.54, 1.807) is 37.4 Å². The minimum atomic E-state index is -0.324. The number of ether oxygens (including phenoxy) is 1. The minimum absolute atomic E-state index is 0.324. The van der Waals surface area contributed by atoms with Gasteiger partial charge in [0.05, 0.1) is 24.4 Å². The van der Waals surface area contributed by atoms with Gasteiger partial charge in [0.25, 0.3) is 0 Å². The fourth-order valence-corrected chi connectivity index (χ4v) is 2.18. The van der Waals surface area contributed by atoms with Gasteiger partial charge in [-0.1, -0.05) is 0 Å². The molecule has 0 bridgehead atoms. The number of anilines is 1. The van der Waals surface area contributed by atoms with Gasteiger partial charge in [-0.25, -0.2) is 4.79 Å². The van der Waals surface area contributed by atoms with E-state index in [0.29, 0.717) is 23.8 Å². The van der Waals surface area contributed by atoms with Crippen molar-refractivity contribution in [3.8, 4) is 0 Å². The molecule has 122 valence electrons. The summed E-state index contributed by atoms with van der Waals surface area (Å²) in [6.45, 7) is 2.80. The van der Waals surface area contributed by atoms with E-state index in [2.05, 4.69) is 10.4 Å². The van der Waals surface area contributed by atoms with Crippen LogP contribution in [0.4, 0.5) is 5.69 Å². The highest BCUT2D eigenvalue weighted by molar-refractivity contribution is 7.80. The number of aryl methyl sites for hydroxylation is 1. The third-order valence-electron chi connectivity index (χ3n) is 3.32. The summed E-state index contributed by atoms with van der Waals surface area (Å²) in [7, 11) is 3.81. The lowest BCUT2D eigenvalue weighted by Crippen LogP contribution is -2.31. The summed E-state index contributed by atoms with van der Waals surface area (Å²) in [5.74, 6) is -0.324. The minimum Gasteiger partial charge on any atom is -0.462 e. The van der Waals surface area contributed by atoms with Crippen LogP contribution in [0.1, 0.15) is 23.0 Å². The van der Waals surface area contributed by atoms with Gasteiger partial charge in [0.15, 0.2) is 5.11 Å². The molecule has 0 fully saturated rings. The monoisotopic (exact) mass is 332 g/mol. The van der Waals surface area contributed by atoms with Crippen LogP contribution >= 0.6 is 12.2 Å². The number of hydrogen-bond acceptors (Lipinski definition) is 4. The Morgan fingerprint density at radius 3 is 2.61 bits per heavy atom. The molecule has 1 aromatic heterocycles. The van der Waals surface area contributed by atoms with Crippen LogP contribution < -0.4 is 5.32 Å². The summed E-state index contributed by atoms with van der Waals surface area (Å²) in [6, 6.07) is 8.98. The number of esters is 1. The standard InChI is InChI=1S/C16H20N4O2S/c1-4-22-15(21)12-5-7-13(8-6-12)18-16(23)19(2)11-14-9-10-17-20(14)3/h5-10H,4,11H2,1-3H3,(H,18,23). The SMILES string of the molecule is CCOC(=O)c1ccc(NC(=S)N(C)Cc2ccnn2C)cc1. The Morgan fingerprint density at radius 2 is 2.04 bits per heavy atom. The Balaban J connectivity index is 1.94. The summed E-state index contributed by atoms with van der Waals surface area (Å²) >= 11 is 5.39. The van der Waals surface area contributed by atoms with Gasteiger partial charge in [-0.05, 0) is 49.5 Å². The van der Waals surface area contributed by atoms with Gasteiger partial charge in [0.2, 0.25) is 0 Å². The molecule has 0 aliphatic heterocycles. The van der Waals surface area contributed by atoms with Gasteiger partial charge in [0, 0.05) is 26.0 Å². The highest BCUT2D eigenvalue weighted by Gasteiger charge is 2.09. The van der Waals surface area contributed by atoms with E-state index < -0.39 is 0 Å². The number of carbonyl (C=O) groups is 1. The Labute approximate surface area is 141 Å². The quantitative estimate of drug-likeness (QED) is 0.670. The van der Waals surface area contributed by atoms with Crippen molar-refractivity contribution in [1.29, 1.82) is 0 Å². The zero-order valence-corrected chi connectivity index (χ0v) is 14.3. The molecule has 1 N–H and O–H groups in total. The summed E-state index contributed by atoms with van der Waals surface area (Å²) in [4.78, 5) is 13.5. The predicted octanol–water partition coefficient (Wildman–Crippen LogP) is 2.43. The molecule has 0 spiro atoms. The highest BCUT2D eigenvalue weighted by atomic mass is 32.1. The number of thiocarbonyl (C=S) groups is 1. The van der Waals surface area contributed by atoms with Gasteiger partial charge in [-0.15, -0.1) is 0 Å². The number of rotatable bonds is 5. The van der Waals surface area contributed by atoms with Crippen LogP contribution in [0.5, 0.6) is 0 Å². The molecule has 2 aromatic rings. The van der Waals surface area contributed by atoms with Gasteiger partial charge in [0.1, 0.15) is 0 Å². The second kappa shape index (κ2) is 7.73. The summed E-state index contributed by atoms with van der Waals surface area (Å²) in [5.41, 5.74) is 2.40. The van der Waals surface area contributed by atoms with Crippen molar-refractivity contribution in [2.75, 3.05) is 19.0 Å². The van der Waals surface area contributed by atoms with E-state index in [-0.39, 0.29) is 5.97 Å². The van der Waals surface area contributed by atoms with Gasteiger partial charge in [-0.3, -0.25) is 4.68 Å². The molecule has 23 heavy (non-hydrogen) atoms. The lowest BCUT2D eigenvalue weighted by Gasteiger charge is -2.21. The highest BCUT2D eigenvalue weighted by Crippen LogP contribution is 2.12. The number of nitrogens with one attached hydrogen (secondary N) is 1. The van der Waals surface area contributed by atoms with Crippen molar-refractivity contribution >= 4 is 29.0 Å². The van der Waals surface area contributed by atoms with E-state index in [4.69, 9.17) is 17.0 Å². The molecule has 6 nitrogen and oxygen atoms in total. The molecule has 0 saturated carbocycles. The molecular weight excluding hydrogens is 312 g/mol. The van der Waals surface area contributed by atoms with Crippen LogP contribution in [0.2, 0.25) is 0 Å². The maximum absolute atomic E-state index is 11.6. The number of benzene rings is 1. The lowest BCUT2D eigenvalue weighted by atomic mass is 10.2. The van der Waals surface area contributed by atoms with E-state index in [1.807, 2.05) is 29.7 Å². The van der Waals surface area contributed by atoms with Crippen molar-refractivity contribution in [1.82, 2.24) is 14.7 Å². The van der Waals surface area contributed by atoms with Crippen molar-refractivity contribution in [3.05, 3.63) is 47.8 Å². The molecule has 0 aliphatic rings. The fourth-order valence-electron chi connectivity index (χ4n) is 1.99. The van der Waals surface area contributed by atoms with Crippen LogP contribution in [-0.4, -0.2) is 39.4 Å². The molecular formula is C16H20N4O2S. The van der Waals surface area contributed by atoms with Crippen molar-refractivity contribution < 1.29 is 9.53 Å². The smallest absolute Gasteiger partial charge is 0.338 e. The average molecular weight is 332 g/mol. The Hall–Kier alpha value is -2.41. The third kappa shape index (κ3) is 4.53. The number of hydrogen-bond donors (Lipinski definition) is 1. The van der Waals surface area contributed by atoms with E-state index in [9.17, 15) is 4.79 Å². The maximum atomic E-state index is 11.6. The first kappa shape index (κ1) is 17.0. The molecule has 0 amide bonds. The van der Waals surface area contributed by atoms with Crippen LogP contribution in [0.3, 0.4) is 0 Å². The second-order valence-electron chi connectivity index (χ2n) is 5.03. The number of carbonyl (C=O) groups excluding carboxylic acids is 1. The van der Waals surface area contributed by atoms with Crippen molar-refractivity contribution in [2.24, 2.45) is 7.05 Å². The normalized spacial score (nSPS) is 10.2. The predicted molar refractivity (Wildman–Crippen MR) is 93.3 cm³/mol. The Morgan fingerprint density at radius 1 is 1.35 bits per heavy atom. The fraction of sp³-hybridized carbons (Fsp3) is 0.312. The van der Waals surface area contributed by atoms with Crippen LogP contribution in [-0.2, 0) is 18.3 Å². The van der Waals surface area contributed by atoms with Crippen LogP contribution in [0, 0.1) is 0 Å². The van der Waals surface area contributed by atoms with Gasteiger partial charge >= 0.3 is 5.97 Å². The second-order valence-corrected chi connectivity index (χ2v) is 5.42. The summed E-state index contributed by atoms with van der Waals surface area (Å²) in [5, 5.41) is 7.88. The average Bonchev–Trinajstić information content (AvgIpc) is 2.93. The topological polar surface area (TPSA) is 59.4 Å². The number of nitrogens with zero attached hydrogens (tertiary/aromatic N) is 3. The molecule has 0 saturated heterocycles. The Bertz CT molecular complexity index is 682. The lowest BCUT2D eigenvalue weighted by molar-refractivity contribution is 0.0526. The Kier molecular flexibility index (Phi) is 5.70. The summed E-state index contributed by atoms with van der Waals surface area (Å²) in [6.07, 6.45) is 1.76. The van der Waals surface area contributed by atoms with E-state index in [0.717, 1.165) is 11.4 Å². The first-order valence-corrected chi connectivity index (χ1v) is 7.68. The third-order valence-corrected chi connectivity index (χ3v) is 3.73. The number of aromatic nitrogens is 2. The molecule has 0 radical (unpaired) electrons. The first-order chi connectivity index (χ1) is 11.0. The molecule has 7 heteroatoms. The van der Waals surface area contributed by atoms with Crippen molar-refractivity contribution in [3.63, 3.8) is 0 Å². The molecule has 0 unspecified atom stereocenters. The van der Waals surface area contributed by atoms with Crippen LogP contribution in [0.25, 0.3) is 0 Å². The van der Waals surface area contributed by atoms with E-state index in [1.165, 1.54) is 0 Å². The summed E-state index contributed by atoms with van der Waals surface area (Å²) < 4.78 is 6.77. The largest absolute Gasteiger partial charge is 0.462 e. The molecule has 0 aliphatic carbocycles. The zero-order chi connectivity index (χ0) is 16.8. The van der Waals surface area contributed by atoms with Gasteiger partial charge in [-0.2, -0.15) is 5.10 Å². The molecule has 2 rings (SSSR count). The maximum Gasteiger partial charge on any atom is 0.338 e. The van der Waals surface area contributed by atoms with Gasteiger partial charge < -0.3 is 15.0 Å². The van der Waals surface area contributed by atoms with Crippen LogP contribution in [0.15, 0.2) is 36.5 Å². The zero-order valence-electron chi connectivity index (χ0n) is 13.4. The molecule has 0 atom stereocenters. The molecule has 1 heterocycles.